The molecule has 0 unspecified atom stereocenters. The Bertz CT molecular complexity index is 997. The molecule has 3 heterocycles. The third kappa shape index (κ3) is 2.02. The number of nitriles is 1. The second kappa shape index (κ2) is 5.00. The van der Waals surface area contributed by atoms with Gasteiger partial charge in [0.1, 0.15) is 11.6 Å². The van der Waals surface area contributed by atoms with Crippen LogP contribution in [0.1, 0.15) is 30.9 Å². The minimum absolute atomic E-state index is 0.0511. The maximum atomic E-state index is 12.7. The third-order valence-corrected chi connectivity index (χ3v) is 3.48. The van der Waals surface area contributed by atoms with Gasteiger partial charge in [-0.05, 0) is 12.0 Å². The number of fused-ring (bicyclic) bond motifs is 1. The van der Waals surface area contributed by atoms with Crippen LogP contribution in [-0.2, 0) is 0 Å². The number of aromatic amines is 2. The van der Waals surface area contributed by atoms with E-state index < -0.39 is 0 Å². The summed E-state index contributed by atoms with van der Waals surface area (Å²) in [6, 6.07) is 5.03. The summed E-state index contributed by atoms with van der Waals surface area (Å²) in [6.45, 7) is 3.81. The zero-order chi connectivity index (χ0) is 15.9. The number of nitrogens with one attached hydrogen (secondary N) is 2. The van der Waals surface area contributed by atoms with E-state index in [2.05, 4.69) is 15.1 Å². The molecule has 7 nitrogen and oxygen atoms in total. The lowest BCUT2D eigenvalue weighted by atomic mass is 9.99. The van der Waals surface area contributed by atoms with Crippen LogP contribution >= 0.6 is 0 Å². The Kier molecular flexibility index (Phi) is 3.14. The van der Waals surface area contributed by atoms with Crippen LogP contribution in [0.25, 0.3) is 16.9 Å². The standard InChI is InChI=1S/C15H13N5O2/c1-8(2)12-13(9-3-4-11(21)17-6-9)19-14-10(5-16)7-18-20(14)15(12)22/h3-4,6-8,19H,1-2H3,(H,17,21). The van der Waals surface area contributed by atoms with Gasteiger partial charge in [-0.3, -0.25) is 9.59 Å². The SMILES string of the molecule is CC(C)c1c(-c2ccc(=O)[nH]c2)[nH]c2c(C#N)cnn2c1=O. The molecule has 2 N–H and O–H groups in total. The highest BCUT2D eigenvalue weighted by Gasteiger charge is 2.19. The lowest BCUT2D eigenvalue weighted by Crippen LogP contribution is -2.22. The van der Waals surface area contributed by atoms with Crippen molar-refractivity contribution in [3.8, 4) is 17.3 Å². The van der Waals surface area contributed by atoms with Crippen molar-refractivity contribution in [2.24, 2.45) is 0 Å². The van der Waals surface area contributed by atoms with E-state index in [1.165, 1.54) is 16.8 Å². The van der Waals surface area contributed by atoms with Gasteiger partial charge in [0.2, 0.25) is 5.56 Å². The van der Waals surface area contributed by atoms with Gasteiger partial charge in [0.15, 0.2) is 5.65 Å². The fourth-order valence-electron chi connectivity index (χ4n) is 2.44. The third-order valence-electron chi connectivity index (χ3n) is 3.48. The molecule has 0 amide bonds. The quantitative estimate of drug-likeness (QED) is 0.744. The van der Waals surface area contributed by atoms with Gasteiger partial charge < -0.3 is 9.97 Å². The number of rotatable bonds is 2. The molecule has 3 rings (SSSR count). The lowest BCUT2D eigenvalue weighted by molar-refractivity contribution is 0.797. The topological polar surface area (TPSA) is 107 Å². The highest BCUT2D eigenvalue weighted by molar-refractivity contribution is 5.67. The fourth-order valence-corrected chi connectivity index (χ4v) is 2.44. The number of nitrogens with zero attached hydrogens (tertiary/aromatic N) is 3. The number of aromatic nitrogens is 4. The number of pyridine rings is 1. The van der Waals surface area contributed by atoms with Crippen LogP contribution in [-0.4, -0.2) is 19.6 Å². The monoisotopic (exact) mass is 295 g/mol. The molecule has 0 aliphatic heterocycles. The first-order valence-electron chi connectivity index (χ1n) is 6.76. The van der Waals surface area contributed by atoms with E-state index in [-0.39, 0.29) is 22.6 Å². The van der Waals surface area contributed by atoms with Crippen molar-refractivity contribution < 1.29 is 0 Å². The molecular formula is C15H13N5O2. The van der Waals surface area contributed by atoms with Crippen molar-refractivity contribution in [1.82, 2.24) is 19.6 Å². The summed E-state index contributed by atoms with van der Waals surface area (Å²) in [5, 5.41) is 13.1. The molecule has 0 spiro atoms. The Morgan fingerprint density at radius 2 is 2.09 bits per heavy atom. The average Bonchev–Trinajstić information content (AvgIpc) is 2.90. The Labute approximate surface area is 124 Å². The molecule has 7 heteroatoms. The summed E-state index contributed by atoms with van der Waals surface area (Å²) in [5.41, 5.74) is 1.95. The highest BCUT2D eigenvalue weighted by atomic mass is 16.1. The van der Waals surface area contributed by atoms with Crippen molar-refractivity contribution >= 4 is 5.65 Å². The molecule has 0 saturated heterocycles. The number of hydrogen-bond donors (Lipinski definition) is 2. The fraction of sp³-hybridized carbons (Fsp3) is 0.200. The van der Waals surface area contributed by atoms with E-state index in [0.29, 0.717) is 22.5 Å². The molecule has 3 aromatic rings. The molecule has 0 atom stereocenters. The maximum absolute atomic E-state index is 12.7. The van der Waals surface area contributed by atoms with E-state index in [0.717, 1.165) is 0 Å². The van der Waals surface area contributed by atoms with E-state index in [9.17, 15) is 9.59 Å². The largest absolute Gasteiger partial charge is 0.338 e. The number of hydrogen-bond acceptors (Lipinski definition) is 4. The second-order valence-corrected chi connectivity index (χ2v) is 5.25. The molecule has 0 fully saturated rings. The molecule has 0 radical (unpaired) electrons. The lowest BCUT2D eigenvalue weighted by Gasteiger charge is -2.12. The van der Waals surface area contributed by atoms with Crippen molar-refractivity contribution in [3.63, 3.8) is 0 Å². The minimum atomic E-state index is -0.272. The Balaban J connectivity index is 2.43. The van der Waals surface area contributed by atoms with Crippen LogP contribution in [0.3, 0.4) is 0 Å². The molecule has 0 aliphatic carbocycles. The van der Waals surface area contributed by atoms with Crippen LogP contribution in [0.2, 0.25) is 0 Å². The van der Waals surface area contributed by atoms with Crippen molar-refractivity contribution in [2.45, 2.75) is 19.8 Å². The van der Waals surface area contributed by atoms with Gasteiger partial charge in [-0.1, -0.05) is 13.8 Å². The van der Waals surface area contributed by atoms with Crippen LogP contribution in [0.4, 0.5) is 0 Å². The predicted molar refractivity (Wildman–Crippen MR) is 80.7 cm³/mol. The first-order valence-corrected chi connectivity index (χ1v) is 6.76. The molecule has 0 aromatic carbocycles. The molecular weight excluding hydrogens is 282 g/mol. The summed E-state index contributed by atoms with van der Waals surface area (Å²) < 4.78 is 1.20. The van der Waals surface area contributed by atoms with E-state index >= 15 is 0 Å². The van der Waals surface area contributed by atoms with Gasteiger partial charge in [-0.15, -0.1) is 0 Å². The van der Waals surface area contributed by atoms with Crippen LogP contribution in [0.15, 0.2) is 34.1 Å². The zero-order valence-electron chi connectivity index (χ0n) is 12.0. The summed E-state index contributed by atoms with van der Waals surface area (Å²) in [4.78, 5) is 29.6. The first kappa shape index (κ1) is 13.8. The number of H-pyrrole nitrogens is 2. The highest BCUT2D eigenvalue weighted by Crippen LogP contribution is 2.24. The van der Waals surface area contributed by atoms with E-state index in [1.54, 1.807) is 12.3 Å². The summed E-state index contributed by atoms with van der Waals surface area (Å²) in [7, 11) is 0. The first-order chi connectivity index (χ1) is 10.5. The summed E-state index contributed by atoms with van der Waals surface area (Å²) in [6.07, 6.45) is 2.90. The van der Waals surface area contributed by atoms with Crippen LogP contribution in [0.5, 0.6) is 0 Å². The zero-order valence-corrected chi connectivity index (χ0v) is 12.0. The second-order valence-electron chi connectivity index (χ2n) is 5.25. The van der Waals surface area contributed by atoms with Gasteiger partial charge in [-0.2, -0.15) is 14.9 Å². The van der Waals surface area contributed by atoms with Gasteiger partial charge in [0, 0.05) is 23.4 Å². The van der Waals surface area contributed by atoms with Crippen molar-refractivity contribution in [1.29, 1.82) is 5.26 Å². The van der Waals surface area contributed by atoms with Crippen molar-refractivity contribution in [3.05, 3.63) is 56.4 Å². The van der Waals surface area contributed by atoms with E-state index in [4.69, 9.17) is 5.26 Å². The molecule has 0 aliphatic rings. The van der Waals surface area contributed by atoms with Gasteiger partial charge in [0.05, 0.1) is 11.9 Å². The molecule has 22 heavy (non-hydrogen) atoms. The van der Waals surface area contributed by atoms with E-state index in [1.807, 2.05) is 19.9 Å². The maximum Gasteiger partial charge on any atom is 0.278 e. The molecule has 0 bridgehead atoms. The predicted octanol–water partition coefficient (Wildman–Crippen LogP) is 1.37. The Morgan fingerprint density at radius 3 is 2.68 bits per heavy atom. The van der Waals surface area contributed by atoms with Gasteiger partial charge in [-0.25, -0.2) is 0 Å². The van der Waals surface area contributed by atoms with Gasteiger partial charge in [0.25, 0.3) is 5.56 Å². The van der Waals surface area contributed by atoms with Crippen LogP contribution in [0, 0.1) is 11.3 Å². The Morgan fingerprint density at radius 1 is 1.32 bits per heavy atom. The summed E-state index contributed by atoms with van der Waals surface area (Å²) >= 11 is 0. The average molecular weight is 295 g/mol. The summed E-state index contributed by atoms with van der Waals surface area (Å²) in [5.74, 6) is -0.0511. The minimum Gasteiger partial charge on any atom is -0.338 e. The molecule has 110 valence electrons. The molecule has 3 aromatic heterocycles. The van der Waals surface area contributed by atoms with Gasteiger partial charge >= 0.3 is 0 Å². The van der Waals surface area contributed by atoms with Crippen LogP contribution < -0.4 is 11.1 Å². The normalized spacial score (nSPS) is 11.0. The molecule has 0 saturated carbocycles. The Hall–Kier alpha value is -3.14. The van der Waals surface area contributed by atoms with Crippen molar-refractivity contribution in [2.75, 3.05) is 0 Å². The smallest absolute Gasteiger partial charge is 0.278 e.